The van der Waals surface area contributed by atoms with E-state index >= 15 is 0 Å². The van der Waals surface area contributed by atoms with Crippen molar-refractivity contribution in [3.05, 3.63) is 15.8 Å². The molecule has 0 aromatic carbocycles. The Morgan fingerprint density at radius 2 is 1.93 bits per heavy atom. The van der Waals surface area contributed by atoms with Crippen LogP contribution in [0.15, 0.2) is 0 Å². The monoisotopic (exact) mass is 212 g/mol. The lowest BCUT2D eigenvalue weighted by molar-refractivity contribution is -0.390. The molecule has 0 aliphatic carbocycles. The smallest absolute Gasteiger partial charge is 0.358 e. The van der Waals surface area contributed by atoms with Crippen molar-refractivity contribution >= 4 is 5.82 Å². The molecule has 1 aromatic rings. The summed E-state index contributed by atoms with van der Waals surface area (Å²) in [4.78, 5) is 10.3. The summed E-state index contributed by atoms with van der Waals surface area (Å²) in [5, 5.41) is 18.2. The number of nitro groups is 1. The standard InChI is InChI=1S/C9H16N4O2/c1-6(2)12-7(9(3,4)5)8(10-11-12)13(14)15/h6H,1-5H3. The molecular weight excluding hydrogens is 196 g/mol. The summed E-state index contributed by atoms with van der Waals surface area (Å²) in [7, 11) is 0. The van der Waals surface area contributed by atoms with Gasteiger partial charge in [0.2, 0.25) is 0 Å². The van der Waals surface area contributed by atoms with Gasteiger partial charge in [-0.1, -0.05) is 20.8 Å². The third-order valence-corrected chi connectivity index (χ3v) is 2.05. The molecule has 6 nitrogen and oxygen atoms in total. The normalized spacial score (nSPS) is 12.1. The van der Waals surface area contributed by atoms with Gasteiger partial charge in [-0.3, -0.25) is 0 Å². The van der Waals surface area contributed by atoms with Gasteiger partial charge in [0, 0.05) is 5.41 Å². The SMILES string of the molecule is CC(C)n1nnc([N+](=O)[O-])c1C(C)(C)C. The summed E-state index contributed by atoms with van der Waals surface area (Å²) in [6.45, 7) is 9.59. The number of hydrogen-bond acceptors (Lipinski definition) is 4. The zero-order valence-corrected chi connectivity index (χ0v) is 9.68. The maximum atomic E-state index is 10.8. The summed E-state index contributed by atoms with van der Waals surface area (Å²) in [6, 6.07) is 0.0698. The molecule has 1 heterocycles. The van der Waals surface area contributed by atoms with Gasteiger partial charge >= 0.3 is 5.82 Å². The van der Waals surface area contributed by atoms with Crippen molar-refractivity contribution in [2.24, 2.45) is 0 Å². The molecule has 0 radical (unpaired) electrons. The largest absolute Gasteiger partial charge is 0.414 e. The fraction of sp³-hybridized carbons (Fsp3) is 0.778. The number of aromatic nitrogens is 3. The summed E-state index contributed by atoms with van der Waals surface area (Å²) < 4.78 is 1.61. The third-order valence-electron chi connectivity index (χ3n) is 2.05. The molecule has 0 atom stereocenters. The van der Waals surface area contributed by atoms with Crippen molar-refractivity contribution < 1.29 is 4.92 Å². The Bertz CT molecular complexity index is 376. The van der Waals surface area contributed by atoms with Gasteiger partial charge in [0.15, 0.2) is 0 Å². The highest BCUT2D eigenvalue weighted by Crippen LogP contribution is 2.30. The Labute approximate surface area is 88.4 Å². The number of nitrogens with zero attached hydrogens (tertiary/aromatic N) is 4. The van der Waals surface area contributed by atoms with Crippen LogP contribution in [0.4, 0.5) is 5.82 Å². The van der Waals surface area contributed by atoms with Crippen LogP contribution in [0, 0.1) is 10.1 Å². The predicted octanol–water partition coefficient (Wildman–Crippen LogP) is 2.06. The molecule has 6 heteroatoms. The van der Waals surface area contributed by atoms with Gasteiger partial charge in [0.1, 0.15) is 10.8 Å². The van der Waals surface area contributed by atoms with Crippen LogP contribution in [0.3, 0.4) is 0 Å². The fourth-order valence-corrected chi connectivity index (χ4v) is 1.45. The summed E-state index contributed by atoms with van der Waals surface area (Å²) >= 11 is 0. The van der Waals surface area contributed by atoms with E-state index in [1.165, 1.54) is 0 Å². The molecule has 0 aliphatic heterocycles. The second-order valence-electron chi connectivity index (χ2n) is 4.81. The maximum Gasteiger partial charge on any atom is 0.414 e. The van der Waals surface area contributed by atoms with E-state index < -0.39 is 4.92 Å². The van der Waals surface area contributed by atoms with E-state index in [9.17, 15) is 10.1 Å². The van der Waals surface area contributed by atoms with Crippen LogP contribution < -0.4 is 0 Å². The third kappa shape index (κ3) is 2.14. The second kappa shape index (κ2) is 3.60. The van der Waals surface area contributed by atoms with Crippen molar-refractivity contribution in [2.75, 3.05) is 0 Å². The Morgan fingerprint density at radius 3 is 2.27 bits per heavy atom. The van der Waals surface area contributed by atoms with Crippen LogP contribution in [0.5, 0.6) is 0 Å². The van der Waals surface area contributed by atoms with E-state index in [1.807, 2.05) is 34.6 Å². The molecule has 0 bridgehead atoms. The average Bonchev–Trinajstić information content (AvgIpc) is 2.45. The van der Waals surface area contributed by atoms with Gasteiger partial charge in [-0.05, 0) is 18.8 Å². The highest BCUT2D eigenvalue weighted by Gasteiger charge is 2.33. The topological polar surface area (TPSA) is 73.8 Å². The molecule has 0 unspecified atom stereocenters. The Morgan fingerprint density at radius 1 is 1.40 bits per heavy atom. The molecule has 1 aromatic heterocycles. The molecular formula is C9H16N4O2. The fourth-order valence-electron chi connectivity index (χ4n) is 1.45. The highest BCUT2D eigenvalue weighted by atomic mass is 16.6. The molecule has 0 amide bonds. The minimum Gasteiger partial charge on any atom is -0.358 e. The zero-order chi connectivity index (χ0) is 11.8. The molecule has 0 spiro atoms. The van der Waals surface area contributed by atoms with Crippen LogP contribution in [0.1, 0.15) is 46.4 Å². The first-order chi connectivity index (χ1) is 6.75. The molecule has 0 saturated heterocycles. The summed E-state index contributed by atoms with van der Waals surface area (Å²) in [6.07, 6.45) is 0. The van der Waals surface area contributed by atoms with E-state index in [2.05, 4.69) is 10.3 Å². The van der Waals surface area contributed by atoms with Gasteiger partial charge in [0.25, 0.3) is 0 Å². The number of rotatable bonds is 2. The predicted molar refractivity (Wildman–Crippen MR) is 55.8 cm³/mol. The lowest BCUT2D eigenvalue weighted by atomic mass is 9.91. The molecule has 1 rings (SSSR count). The molecule has 0 aliphatic rings. The van der Waals surface area contributed by atoms with Crippen LogP contribution in [0.25, 0.3) is 0 Å². The summed E-state index contributed by atoms with van der Waals surface area (Å²) in [5.41, 5.74) is 0.235. The second-order valence-corrected chi connectivity index (χ2v) is 4.81. The Hall–Kier alpha value is -1.46. The molecule has 0 N–H and O–H groups in total. The van der Waals surface area contributed by atoms with Gasteiger partial charge in [-0.15, -0.1) is 0 Å². The first-order valence-electron chi connectivity index (χ1n) is 4.85. The van der Waals surface area contributed by atoms with Gasteiger partial charge < -0.3 is 10.1 Å². The van der Waals surface area contributed by atoms with E-state index in [-0.39, 0.29) is 17.3 Å². The van der Waals surface area contributed by atoms with Gasteiger partial charge in [-0.2, -0.15) is 0 Å². The van der Waals surface area contributed by atoms with Crippen molar-refractivity contribution in [3.8, 4) is 0 Å². The van der Waals surface area contributed by atoms with Crippen LogP contribution in [-0.2, 0) is 5.41 Å². The Balaban J connectivity index is 3.40. The van der Waals surface area contributed by atoms with E-state index in [1.54, 1.807) is 4.68 Å². The summed E-state index contributed by atoms with van der Waals surface area (Å²) in [5.74, 6) is -0.142. The molecule has 15 heavy (non-hydrogen) atoms. The van der Waals surface area contributed by atoms with Crippen LogP contribution in [0.2, 0.25) is 0 Å². The maximum absolute atomic E-state index is 10.8. The molecule has 0 fully saturated rings. The lowest BCUT2D eigenvalue weighted by Gasteiger charge is -2.19. The lowest BCUT2D eigenvalue weighted by Crippen LogP contribution is -2.21. The Kier molecular flexibility index (Phi) is 2.79. The molecule has 0 saturated carbocycles. The minimum atomic E-state index is -0.480. The van der Waals surface area contributed by atoms with E-state index in [4.69, 9.17) is 0 Å². The van der Waals surface area contributed by atoms with Gasteiger partial charge in [0.05, 0.1) is 11.3 Å². The first-order valence-corrected chi connectivity index (χ1v) is 4.85. The minimum absolute atomic E-state index is 0.0698. The van der Waals surface area contributed by atoms with Crippen molar-refractivity contribution in [1.29, 1.82) is 0 Å². The van der Waals surface area contributed by atoms with Crippen molar-refractivity contribution in [3.63, 3.8) is 0 Å². The van der Waals surface area contributed by atoms with E-state index in [0.29, 0.717) is 5.69 Å². The zero-order valence-electron chi connectivity index (χ0n) is 9.68. The van der Waals surface area contributed by atoms with Gasteiger partial charge in [-0.25, -0.2) is 4.68 Å². The first kappa shape index (κ1) is 11.6. The quantitative estimate of drug-likeness (QED) is 0.555. The molecule has 84 valence electrons. The van der Waals surface area contributed by atoms with Crippen LogP contribution in [-0.4, -0.2) is 19.9 Å². The van der Waals surface area contributed by atoms with Crippen molar-refractivity contribution in [1.82, 2.24) is 15.0 Å². The number of hydrogen-bond donors (Lipinski definition) is 0. The average molecular weight is 212 g/mol. The van der Waals surface area contributed by atoms with Crippen LogP contribution >= 0.6 is 0 Å². The van der Waals surface area contributed by atoms with Crippen molar-refractivity contribution in [2.45, 2.75) is 46.1 Å². The van der Waals surface area contributed by atoms with E-state index in [0.717, 1.165) is 0 Å². The highest BCUT2D eigenvalue weighted by molar-refractivity contribution is 5.31.